The molecule has 5 heteroatoms. The summed E-state index contributed by atoms with van der Waals surface area (Å²) in [5, 5.41) is 3.51. The molecule has 0 saturated carbocycles. The summed E-state index contributed by atoms with van der Waals surface area (Å²) >= 11 is 1.79. The Kier molecular flexibility index (Phi) is 4.20. The van der Waals surface area contributed by atoms with Crippen LogP contribution in [-0.4, -0.2) is 18.6 Å². The second kappa shape index (κ2) is 6.37. The van der Waals surface area contributed by atoms with Gasteiger partial charge in [-0.05, 0) is 37.0 Å². The van der Waals surface area contributed by atoms with Crippen LogP contribution in [0.5, 0.6) is 0 Å². The van der Waals surface area contributed by atoms with Gasteiger partial charge in [-0.1, -0.05) is 12.6 Å². The van der Waals surface area contributed by atoms with Crippen molar-refractivity contribution in [2.45, 2.75) is 31.6 Å². The van der Waals surface area contributed by atoms with Crippen LogP contribution in [0.4, 0.5) is 4.39 Å². The summed E-state index contributed by atoms with van der Waals surface area (Å²) in [5.74, 6) is 1.05. The zero-order valence-electron chi connectivity index (χ0n) is 14.2. The van der Waals surface area contributed by atoms with Gasteiger partial charge in [-0.25, -0.2) is 4.39 Å². The summed E-state index contributed by atoms with van der Waals surface area (Å²) < 4.78 is 19.3. The van der Waals surface area contributed by atoms with Gasteiger partial charge in [-0.2, -0.15) is 0 Å². The second-order valence-corrected chi connectivity index (χ2v) is 7.67. The van der Waals surface area contributed by atoms with Crippen molar-refractivity contribution >= 4 is 23.3 Å². The largest absolute Gasteiger partial charge is 0.497 e. The first kappa shape index (κ1) is 16.5. The van der Waals surface area contributed by atoms with E-state index in [-0.39, 0.29) is 17.5 Å². The first-order chi connectivity index (χ1) is 12.1. The number of allylic oxidation sites excluding steroid dienone is 4. The van der Waals surface area contributed by atoms with Gasteiger partial charge >= 0.3 is 0 Å². The van der Waals surface area contributed by atoms with Crippen LogP contribution in [0.15, 0.2) is 46.7 Å². The van der Waals surface area contributed by atoms with Crippen LogP contribution in [0.25, 0.3) is 5.76 Å². The molecule has 0 spiro atoms. The minimum atomic E-state index is -0.359. The summed E-state index contributed by atoms with van der Waals surface area (Å²) in [5.41, 5.74) is 4.42. The number of hydrogen-bond acceptors (Lipinski definition) is 4. The number of benzene rings is 1. The molecule has 1 N–H and O–H groups in total. The molecule has 0 fully saturated rings. The number of nitrogens with one attached hydrogen (secondary N) is 1. The molecule has 3 nitrogen and oxygen atoms in total. The van der Waals surface area contributed by atoms with Crippen LogP contribution >= 0.6 is 11.8 Å². The second-order valence-electron chi connectivity index (χ2n) is 6.53. The fraction of sp³-hybridized carbons (Fsp3) is 0.350. The fourth-order valence-electron chi connectivity index (χ4n) is 3.86. The van der Waals surface area contributed by atoms with Crippen molar-refractivity contribution in [2.75, 3.05) is 12.9 Å². The molecule has 1 aromatic rings. The number of thioether (sulfide) groups is 1. The normalized spacial score (nSPS) is 22.5. The molecule has 0 amide bonds. The highest BCUT2D eigenvalue weighted by Gasteiger charge is 2.38. The molecule has 1 atom stereocenters. The molecular formula is C20H20FNO2S. The van der Waals surface area contributed by atoms with E-state index in [1.54, 1.807) is 23.9 Å². The van der Waals surface area contributed by atoms with Crippen molar-refractivity contribution in [1.82, 2.24) is 5.32 Å². The van der Waals surface area contributed by atoms with Crippen molar-refractivity contribution in [2.24, 2.45) is 0 Å². The van der Waals surface area contributed by atoms with E-state index >= 15 is 0 Å². The lowest BCUT2D eigenvalue weighted by Crippen LogP contribution is -2.30. The van der Waals surface area contributed by atoms with Gasteiger partial charge in [-0.15, -0.1) is 11.8 Å². The fourth-order valence-corrected chi connectivity index (χ4v) is 5.13. The standard InChI is InChI=1S/C20H20FNO2S/c1-11(24-2)13-10-12(6-7-14(13)21)18-19-15(4-3-5-17(19)23)22-16-8-9-25-20(16)18/h6-7,10,18,22H,1,3-5,8-9H2,2H3. The lowest BCUT2D eigenvalue weighted by molar-refractivity contribution is -0.116. The third-order valence-electron chi connectivity index (χ3n) is 5.09. The first-order valence-corrected chi connectivity index (χ1v) is 9.50. The van der Waals surface area contributed by atoms with E-state index < -0.39 is 0 Å². The van der Waals surface area contributed by atoms with Crippen molar-refractivity contribution in [3.05, 3.63) is 63.6 Å². The van der Waals surface area contributed by atoms with E-state index in [0.717, 1.165) is 41.8 Å². The molecule has 2 heterocycles. The zero-order valence-corrected chi connectivity index (χ0v) is 15.0. The Bertz CT molecular complexity index is 840. The predicted molar refractivity (Wildman–Crippen MR) is 98.3 cm³/mol. The Hall–Kier alpha value is -2.01. The third kappa shape index (κ3) is 2.71. The number of hydrogen-bond donors (Lipinski definition) is 1. The Morgan fingerprint density at radius 2 is 2.16 bits per heavy atom. The van der Waals surface area contributed by atoms with Crippen LogP contribution in [-0.2, 0) is 9.53 Å². The minimum Gasteiger partial charge on any atom is -0.497 e. The maximum absolute atomic E-state index is 14.2. The van der Waals surface area contributed by atoms with Gasteiger partial charge in [0, 0.05) is 40.0 Å². The first-order valence-electron chi connectivity index (χ1n) is 8.52. The summed E-state index contributed by atoms with van der Waals surface area (Å²) in [6.45, 7) is 3.78. The highest BCUT2D eigenvalue weighted by molar-refractivity contribution is 8.03. The van der Waals surface area contributed by atoms with Crippen molar-refractivity contribution in [1.29, 1.82) is 0 Å². The average molecular weight is 357 g/mol. The lowest BCUT2D eigenvalue weighted by Gasteiger charge is -2.33. The van der Waals surface area contributed by atoms with Crippen molar-refractivity contribution in [3.8, 4) is 0 Å². The van der Waals surface area contributed by atoms with E-state index in [2.05, 4.69) is 11.9 Å². The molecule has 1 aliphatic carbocycles. The highest BCUT2D eigenvalue weighted by atomic mass is 32.2. The van der Waals surface area contributed by atoms with Gasteiger partial charge in [0.2, 0.25) is 0 Å². The smallest absolute Gasteiger partial charge is 0.161 e. The number of halogens is 1. The van der Waals surface area contributed by atoms with Crippen LogP contribution in [0, 0.1) is 5.82 Å². The molecule has 0 radical (unpaired) electrons. The van der Waals surface area contributed by atoms with E-state index in [9.17, 15) is 9.18 Å². The summed E-state index contributed by atoms with van der Waals surface area (Å²) in [6, 6.07) is 5.02. The molecular weight excluding hydrogens is 337 g/mol. The van der Waals surface area contributed by atoms with Gasteiger partial charge < -0.3 is 10.1 Å². The minimum absolute atomic E-state index is 0.101. The lowest BCUT2D eigenvalue weighted by atomic mass is 9.79. The number of methoxy groups -OCH3 is 1. The third-order valence-corrected chi connectivity index (χ3v) is 6.29. The van der Waals surface area contributed by atoms with Crippen LogP contribution in [0.3, 0.4) is 0 Å². The SMILES string of the molecule is C=C(OC)c1cc(C2C3=C(CCS3)NC3=C2C(=O)CCC3)ccc1F. The molecule has 1 aromatic carbocycles. The van der Waals surface area contributed by atoms with Gasteiger partial charge in [0.05, 0.1) is 12.7 Å². The Balaban J connectivity index is 1.86. The Morgan fingerprint density at radius 1 is 1.32 bits per heavy atom. The van der Waals surface area contributed by atoms with Crippen LogP contribution in [0.2, 0.25) is 0 Å². The van der Waals surface area contributed by atoms with E-state index in [1.165, 1.54) is 23.8 Å². The molecule has 2 aliphatic heterocycles. The topological polar surface area (TPSA) is 38.3 Å². The van der Waals surface area contributed by atoms with Gasteiger partial charge in [0.25, 0.3) is 0 Å². The number of rotatable bonds is 3. The van der Waals surface area contributed by atoms with Gasteiger partial charge in [-0.3, -0.25) is 4.79 Å². The maximum Gasteiger partial charge on any atom is 0.161 e. The van der Waals surface area contributed by atoms with Crippen LogP contribution in [0.1, 0.15) is 42.7 Å². The number of ether oxygens (including phenoxy) is 1. The quantitative estimate of drug-likeness (QED) is 0.809. The molecule has 1 unspecified atom stereocenters. The molecule has 4 rings (SSSR count). The van der Waals surface area contributed by atoms with E-state index in [4.69, 9.17) is 4.74 Å². The molecule has 0 aromatic heterocycles. The maximum atomic E-state index is 14.2. The number of carbonyl (C=O) groups excluding carboxylic acids is 1. The molecule has 0 bridgehead atoms. The number of ketones is 1. The van der Waals surface area contributed by atoms with Crippen molar-refractivity contribution < 1.29 is 13.9 Å². The van der Waals surface area contributed by atoms with Crippen LogP contribution < -0.4 is 5.32 Å². The molecule has 25 heavy (non-hydrogen) atoms. The van der Waals surface area contributed by atoms with Gasteiger partial charge in [0.1, 0.15) is 11.6 Å². The number of dihydropyridines is 1. The number of carbonyl (C=O) groups is 1. The van der Waals surface area contributed by atoms with Gasteiger partial charge in [0.15, 0.2) is 5.78 Å². The number of Topliss-reactive ketones (excluding diaryl/α,β-unsaturated/α-hetero) is 1. The Labute approximate surface area is 151 Å². The summed E-state index contributed by atoms with van der Waals surface area (Å²) in [4.78, 5) is 13.9. The Morgan fingerprint density at radius 3 is 2.96 bits per heavy atom. The van der Waals surface area contributed by atoms with E-state index in [1.807, 2.05) is 0 Å². The molecule has 0 saturated heterocycles. The molecule has 130 valence electrons. The zero-order chi connectivity index (χ0) is 17.6. The average Bonchev–Trinajstić information content (AvgIpc) is 3.08. The summed E-state index contributed by atoms with van der Waals surface area (Å²) in [7, 11) is 1.48. The highest BCUT2D eigenvalue weighted by Crippen LogP contribution is 2.50. The van der Waals surface area contributed by atoms with E-state index in [0.29, 0.717) is 17.7 Å². The predicted octanol–water partition coefficient (Wildman–Crippen LogP) is 4.49. The van der Waals surface area contributed by atoms with Crippen molar-refractivity contribution in [3.63, 3.8) is 0 Å². The monoisotopic (exact) mass is 357 g/mol. The summed E-state index contributed by atoms with van der Waals surface area (Å²) in [6.07, 6.45) is 3.36. The molecule has 3 aliphatic rings.